The largest absolute Gasteiger partial charge is 0.309 e. The van der Waals surface area contributed by atoms with E-state index in [0.29, 0.717) is 0 Å². The van der Waals surface area contributed by atoms with Gasteiger partial charge in [-0.2, -0.15) is 5.10 Å². The molecule has 1 atom stereocenters. The summed E-state index contributed by atoms with van der Waals surface area (Å²) in [6.07, 6.45) is 2.77. The van der Waals surface area contributed by atoms with Gasteiger partial charge in [-0.05, 0) is 49.9 Å². The van der Waals surface area contributed by atoms with Crippen molar-refractivity contribution in [3.63, 3.8) is 0 Å². The van der Waals surface area contributed by atoms with E-state index in [1.807, 2.05) is 10.9 Å². The Balaban J connectivity index is 2.81. The summed E-state index contributed by atoms with van der Waals surface area (Å²) in [5.74, 6) is 5.61. The molecule has 1 heterocycles. The number of hydrogen-bond acceptors (Lipinski definition) is 4. The Morgan fingerprint density at radius 1 is 1.62 bits per heavy atom. The Kier molecular flexibility index (Phi) is 5.40. The molecular formula is C10H20BrN5. The summed E-state index contributed by atoms with van der Waals surface area (Å²) in [4.78, 5) is 2.14. The standard InChI is InChI=1S/C10H20BrN5/c1-4-16-10(8(11)7-13-16)9(14-12)5-6-15(2)3/h7,9,14H,4-6,12H2,1-3H3. The van der Waals surface area contributed by atoms with Crippen LogP contribution in [-0.2, 0) is 6.54 Å². The predicted octanol–water partition coefficient (Wildman–Crippen LogP) is 1.12. The van der Waals surface area contributed by atoms with Crippen LogP contribution in [0.25, 0.3) is 0 Å². The Morgan fingerprint density at radius 3 is 2.81 bits per heavy atom. The van der Waals surface area contributed by atoms with E-state index >= 15 is 0 Å². The van der Waals surface area contributed by atoms with Crippen LogP contribution >= 0.6 is 15.9 Å². The molecule has 1 aromatic heterocycles. The van der Waals surface area contributed by atoms with E-state index in [4.69, 9.17) is 5.84 Å². The van der Waals surface area contributed by atoms with Gasteiger partial charge in [0.15, 0.2) is 0 Å². The Labute approximate surface area is 105 Å². The molecule has 5 nitrogen and oxygen atoms in total. The van der Waals surface area contributed by atoms with Crippen LogP contribution in [0.15, 0.2) is 10.7 Å². The molecule has 92 valence electrons. The summed E-state index contributed by atoms with van der Waals surface area (Å²) in [5, 5.41) is 4.29. The number of nitrogens with one attached hydrogen (secondary N) is 1. The first-order valence-electron chi connectivity index (χ1n) is 5.42. The molecule has 1 unspecified atom stereocenters. The lowest BCUT2D eigenvalue weighted by atomic mass is 10.1. The van der Waals surface area contributed by atoms with E-state index in [-0.39, 0.29) is 6.04 Å². The lowest BCUT2D eigenvalue weighted by Gasteiger charge is -2.20. The fraction of sp³-hybridized carbons (Fsp3) is 0.700. The Bertz CT molecular complexity index is 323. The highest BCUT2D eigenvalue weighted by Gasteiger charge is 2.18. The second-order valence-corrected chi connectivity index (χ2v) is 4.86. The van der Waals surface area contributed by atoms with Gasteiger partial charge in [0.1, 0.15) is 0 Å². The van der Waals surface area contributed by atoms with Crippen LogP contribution in [0.1, 0.15) is 25.1 Å². The highest BCUT2D eigenvalue weighted by molar-refractivity contribution is 9.10. The lowest BCUT2D eigenvalue weighted by Crippen LogP contribution is -2.32. The second-order valence-electron chi connectivity index (χ2n) is 4.00. The lowest BCUT2D eigenvalue weighted by molar-refractivity contribution is 0.353. The van der Waals surface area contributed by atoms with Gasteiger partial charge in [0.2, 0.25) is 0 Å². The van der Waals surface area contributed by atoms with Crippen molar-refractivity contribution < 1.29 is 0 Å². The number of rotatable bonds is 6. The first-order chi connectivity index (χ1) is 7.60. The monoisotopic (exact) mass is 289 g/mol. The molecule has 6 heteroatoms. The quantitative estimate of drug-likeness (QED) is 0.609. The molecule has 0 fully saturated rings. The van der Waals surface area contributed by atoms with E-state index in [1.54, 1.807) is 0 Å². The molecule has 0 bridgehead atoms. The first kappa shape index (κ1) is 13.6. The minimum absolute atomic E-state index is 0.124. The van der Waals surface area contributed by atoms with Crippen molar-refractivity contribution in [3.05, 3.63) is 16.4 Å². The van der Waals surface area contributed by atoms with E-state index in [2.05, 4.69) is 52.4 Å². The van der Waals surface area contributed by atoms with Crippen molar-refractivity contribution >= 4 is 15.9 Å². The maximum absolute atomic E-state index is 5.61. The van der Waals surface area contributed by atoms with Gasteiger partial charge < -0.3 is 4.90 Å². The maximum Gasteiger partial charge on any atom is 0.0709 e. The van der Waals surface area contributed by atoms with Gasteiger partial charge in [0.05, 0.1) is 22.4 Å². The van der Waals surface area contributed by atoms with Gasteiger partial charge in [0.25, 0.3) is 0 Å². The SMILES string of the molecule is CCn1ncc(Br)c1C(CCN(C)C)NN. The van der Waals surface area contributed by atoms with E-state index in [0.717, 1.165) is 29.7 Å². The summed E-state index contributed by atoms with van der Waals surface area (Å²) >= 11 is 3.51. The molecule has 3 N–H and O–H groups in total. The van der Waals surface area contributed by atoms with Crippen molar-refractivity contribution in [1.82, 2.24) is 20.1 Å². The van der Waals surface area contributed by atoms with Crippen molar-refractivity contribution in [2.45, 2.75) is 25.9 Å². The van der Waals surface area contributed by atoms with Gasteiger partial charge in [-0.15, -0.1) is 0 Å². The molecular weight excluding hydrogens is 270 g/mol. The molecule has 0 aliphatic carbocycles. The fourth-order valence-corrected chi connectivity index (χ4v) is 2.23. The molecule has 0 spiro atoms. The summed E-state index contributed by atoms with van der Waals surface area (Å²) < 4.78 is 2.97. The summed E-state index contributed by atoms with van der Waals surface area (Å²) in [7, 11) is 4.11. The topological polar surface area (TPSA) is 59.1 Å². The van der Waals surface area contributed by atoms with Crippen molar-refractivity contribution in [2.24, 2.45) is 5.84 Å². The molecule has 1 rings (SSSR count). The smallest absolute Gasteiger partial charge is 0.0709 e. The van der Waals surface area contributed by atoms with Gasteiger partial charge in [-0.25, -0.2) is 0 Å². The maximum atomic E-state index is 5.61. The van der Waals surface area contributed by atoms with Crippen LogP contribution in [0.5, 0.6) is 0 Å². The molecule has 16 heavy (non-hydrogen) atoms. The molecule has 0 saturated carbocycles. The average Bonchev–Trinajstić information content (AvgIpc) is 2.61. The Hall–Kier alpha value is -0.430. The van der Waals surface area contributed by atoms with Gasteiger partial charge in [-0.3, -0.25) is 16.0 Å². The van der Waals surface area contributed by atoms with Crippen molar-refractivity contribution in [2.75, 3.05) is 20.6 Å². The summed E-state index contributed by atoms with van der Waals surface area (Å²) in [6, 6.07) is 0.124. The van der Waals surface area contributed by atoms with E-state index in [1.165, 1.54) is 0 Å². The van der Waals surface area contributed by atoms with Crippen molar-refractivity contribution in [3.8, 4) is 0 Å². The molecule has 0 aliphatic heterocycles. The third-order valence-electron chi connectivity index (χ3n) is 2.53. The average molecular weight is 290 g/mol. The zero-order valence-electron chi connectivity index (χ0n) is 10.1. The first-order valence-corrected chi connectivity index (χ1v) is 6.21. The number of hydrazine groups is 1. The minimum atomic E-state index is 0.124. The van der Waals surface area contributed by atoms with Crippen LogP contribution in [-0.4, -0.2) is 35.3 Å². The number of aryl methyl sites for hydroxylation is 1. The zero-order chi connectivity index (χ0) is 12.1. The third-order valence-corrected chi connectivity index (χ3v) is 3.14. The zero-order valence-corrected chi connectivity index (χ0v) is 11.7. The molecule has 1 aromatic rings. The molecule has 0 amide bonds. The van der Waals surface area contributed by atoms with Crippen LogP contribution in [0.2, 0.25) is 0 Å². The molecule has 0 aromatic carbocycles. The fourth-order valence-electron chi connectivity index (χ4n) is 1.66. The second kappa shape index (κ2) is 6.34. The van der Waals surface area contributed by atoms with Gasteiger partial charge >= 0.3 is 0 Å². The molecule has 0 aliphatic rings. The number of hydrogen-bond donors (Lipinski definition) is 2. The predicted molar refractivity (Wildman–Crippen MR) is 68.8 cm³/mol. The van der Waals surface area contributed by atoms with Crippen molar-refractivity contribution in [1.29, 1.82) is 0 Å². The van der Waals surface area contributed by atoms with E-state index in [9.17, 15) is 0 Å². The highest BCUT2D eigenvalue weighted by Crippen LogP contribution is 2.25. The van der Waals surface area contributed by atoms with Crippen LogP contribution in [0.4, 0.5) is 0 Å². The number of nitrogens with zero attached hydrogens (tertiary/aromatic N) is 3. The number of nitrogens with two attached hydrogens (primary N) is 1. The normalized spacial score (nSPS) is 13.4. The number of aromatic nitrogens is 2. The van der Waals surface area contributed by atoms with Crippen LogP contribution < -0.4 is 11.3 Å². The number of halogens is 1. The highest BCUT2D eigenvalue weighted by atomic mass is 79.9. The summed E-state index contributed by atoms with van der Waals surface area (Å²) in [6.45, 7) is 3.90. The summed E-state index contributed by atoms with van der Waals surface area (Å²) in [5.41, 5.74) is 3.98. The van der Waals surface area contributed by atoms with Gasteiger partial charge in [0, 0.05) is 6.54 Å². The molecule has 0 radical (unpaired) electrons. The third kappa shape index (κ3) is 3.28. The van der Waals surface area contributed by atoms with Crippen LogP contribution in [0, 0.1) is 0 Å². The Morgan fingerprint density at radius 2 is 2.31 bits per heavy atom. The molecule has 0 saturated heterocycles. The van der Waals surface area contributed by atoms with Gasteiger partial charge in [-0.1, -0.05) is 0 Å². The minimum Gasteiger partial charge on any atom is -0.309 e. The van der Waals surface area contributed by atoms with Crippen LogP contribution in [0.3, 0.4) is 0 Å². The van der Waals surface area contributed by atoms with E-state index < -0.39 is 0 Å².